The summed E-state index contributed by atoms with van der Waals surface area (Å²) in [5.74, 6) is 0. The molecular formula is C15H25NO3S. The van der Waals surface area contributed by atoms with E-state index in [4.69, 9.17) is 9.47 Å². The Bertz CT molecular complexity index is 374. The van der Waals surface area contributed by atoms with Gasteiger partial charge in [0.2, 0.25) is 0 Å². The van der Waals surface area contributed by atoms with E-state index in [2.05, 4.69) is 17.4 Å². The number of hydrogen-bond acceptors (Lipinski definition) is 5. The Morgan fingerprint density at radius 2 is 2.10 bits per heavy atom. The SMILES string of the molecule is CSc1cccc(NCC(O)COCCOC(C)C)c1. The molecule has 4 nitrogen and oxygen atoms in total. The van der Waals surface area contributed by atoms with E-state index in [9.17, 15) is 5.11 Å². The number of rotatable bonds is 10. The van der Waals surface area contributed by atoms with Crippen molar-refractivity contribution >= 4 is 17.4 Å². The van der Waals surface area contributed by atoms with E-state index >= 15 is 0 Å². The third kappa shape index (κ3) is 7.75. The first-order chi connectivity index (χ1) is 9.61. The summed E-state index contributed by atoms with van der Waals surface area (Å²) < 4.78 is 10.7. The third-order valence-electron chi connectivity index (χ3n) is 2.60. The van der Waals surface area contributed by atoms with Crippen LogP contribution in [-0.4, -0.2) is 49.9 Å². The van der Waals surface area contributed by atoms with Crippen molar-refractivity contribution < 1.29 is 14.6 Å². The first kappa shape index (κ1) is 17.3. The summed E-state index contributed by atoms with van der Waals surface area (Å²) in [4.78, 5) is 1.20. The van der Waals surface area contributed by atoms with Gasteiger partial charge in [0, 0.05) is 17.1 Å². The topological polar surface area (TPSA) is 50.7 Å². The highest BCUT2D eigenvalue weighted by atomic mass is 32.2. The molecule has 0 saturated carbocycles. The number of anilines is 1. The highest BCUT2D eigenvalue weighted by molar-refractivity contribution is 7.98. The van der Waals surface area contributed by atoms with Crippen molar-refractivity contribution in [2.75, 3.05) is 37.9 Å². The molecule has 1 rings (SSSR count). The molecule has 0 aliphatic rings. The summed E-state index contributed by atoms with van der Waals surface area (Å²) in [6, 6.07) is 8.11. The van der Waals surface area contributed by atoms with Crippen molar-refractivity contribution in [2.45, 2.75) is 31.0 Å². The Morgan fingerprint density at radius 1 is 1.30 bits per heavy atom. The molecule has 0 heterocycles. The summed E-state index contributed by atoms with van der Waals surface area (Å²) in [5.41, 5.74) is 1.01. The fraction of sp³-hybridized carbons (Fsp3) is 0.600. The number of nitrogens with one attached hydrogen (secondary N) is 1. The molecule has 1 aromatic carbocycles. The lowest BCUT2D eigenvalue weighted by Crippen LogP contribution is -2.25. The van der Waals surface area contributed by atoms with Crippen LogP contribution in [0.15, 0.2) is 29.2 Å². The molecule has 0 aliphatic carbocycles. The second kappa shape index (κ2) is 10.0. The van der Waals surface area contributed by atoms with Crippen LogP contribution in [0.5, 0.6) is 0 Å². The molecule has 0 radical (unpaired) electrons. The van der Waals surface area contributed by atoms with Gasteiger partial charge in [0.25, 0.3) is 0 Å². The first-order valence-corrected chi connectivity index (χ1v) is 8.09. The predicted octanol–water partition coefficient (Wildman–Crippen LogP) is 2.62. The number of aliphatic hydroxyl groups excluding tert-OH is 1. The first-order valence-electron chi connectivity index (χ1n) is 6.87. The number of benzene rings is 1. The number of hydrogen-bond donors (Lipinski definition) is 2. The maximum absolute atomic E-state index is 9.81. The van der Waals surface area contributed by atoms with Crippen LogP contribution < -0.4 is 5.32 Å². The summed E-state index contributed by atoms with van der Waals surface area (Å²) in [6.07, 6.45) is 1.74. The van der Waals surface area contributed by atoms with E-state index in [0.717, 1.165) is 5.69 Å². The van der Waals surface area contributed by atoms with E-state index in [1.165, 1.54) is 4.90 Å². The van der Waals surface area contributed by atoms with Crippen molar-refractivity contribution in [1.82, 2.24) is 0 Å². The molecule has 20 heavy (non-hydrogen) atoms. The van der Waals surface area contributed by atoms with Crippen LogP contribution in [-0.2, 0) is 9.47 Å². The average molecular weight is 299 g/mol. The normalized spacial score (nSPS) is 12.7. The third-order valence-corrected chi connectivity index (χ3v) is 3.33. The van der Waals surface area contributed by atoms with E-state index in [0.29, 0.717) is 26.4 Å². The summed E-state index contributed by atoms with van der Waals surface area (Å²) in [7, 11) is 0. The van der Waals surface area contributed by atoms with Gasteiger partial charge in [-0.3, -0.25) is 0 Å². The fourth-order valence-corrected chi connectivity index (χ4v) is 2.05. The minimum atomic E-state index is -0.521. The van der Waals surface area contributed by atoms with Gasteiger partial charge in [0.1, 0.15) is 0 Å². The molecule has 0 bridgehead atoms. The van der Waals surface area contributed by atoms with Crippen LogP contribution in [0, 0.1) is 0 Å². The monoisotopic (exact) mass is 299 g/mol. The quantitative estimate of drug-likeness (QED) is 0.514. The van der Waals surface area contributed by atoms with Crippen LogP contribution in [0.3, 0.4) is 0 Å². The van der Waals surface area contributed by atoms with Gasteiger partial charge in [0.15, 0.2) is 0 Å². The van der Waals surface area contributed by atoms with Crippen molar-refractivity contribution in [3.05, 3.63) is 24.3 Å². The van der Waals surface area contributed by atoms with Crippen LogP contribution in [0.1, 0.15) is 13.8 Å². The lowest BCUT2D eigenvalue weighted by molar-refractivity contribution is -0.00734. The maximum atomic E-state index is 9.81. The standard InChI is InChI=1S/C15H25NO3S/c1-12(2)19-8-7-18-11-14(17)10-16-13-5-4-6-15(9-13)20-3/h4-6,9,12,14,16-17H,7-8,10-11H2,1-3H3. The second-order valence-corrected chi connectivity index (χ2v) is 5.64. The molecule has 114 valence electrons. The Labute approximate surface area is 125 Å². The maximum Gasteiger partial charge on any atom is 0.0945 e. The highest BCUT2D eigenvalue weighted by Crippen LogP contribution is 2.18. The Balaban J connectivity index is 2.14. The summed E-state index contributed by atoms with van der Waals surface area (Å²) in [5, 5.41) is 13.0. The lowest BCUT2D eigenvalue weighted by atomic mass is 10.3. The Kier molecular flexibility index (Phi) is 8.69. The minimum absolute atomic E-state index is 0.217. The zero-order valence-corrected chi connectivity index (χ0v) is 13.3. The van der Waals surface area contributed by atoms with Gasteiger partial charge < -0.3 is 19.9 Å². The van der Waals surface area contributed by atoms with E-state index in [1.54, 1.807) is 11.8 Å². The minimum Gasteiger partial charge on any atom is -0.389 e. The Hall–Kier alpha value is -0.750. The Morgan fingerprint density at radius 3 is 2.80 bits per heavy atom. The molecule has 5 heteroatoms. The molecule has 0 fully saturated rings. The van der Waals surface area contributed by atoms with Gasteiger partial charge >= 0.3 is 0 Å². The fourth-order valence-electron chi connectivity index (χ4n) is 1.59. The van der Waals surface area contributed by atoms with Gasteiger partial charge in [-0.2, -0.15) is 0 Å². The molecule has 1 unspecified atom stereocenters. The molecule has 0 aliphatic heterocycles. The molecule has 0 saturated heterocycles. The molecule has 1 atom stereocenters. The highest BCUT2D eigenvalue weighted by Gasteiger charge is 2.04. The molecule has 0 aromatic heterocycles. The molecule has 2 N–H and O–H groups in total. The van der Waals surface area contributed by atoms with E-state index in [-0.39, 0.29) is 6.10 Å². The second-order valence-electron chi connectivity index (χ2n) is 4.76. The van der Waals surface area contributed by atoms with Crippen molar-refractivity contribution in [1.29, 1.82) is 0 Å². The number of thioether (sulfide) groups is 1. The average Bonchev–Trinajstić information content (AvgIpc) is 2.44. The predicted molar refractivity (Wildman–Crippen MR) is 84.6 cm³/mol. The lowest BCUT2D eigenvalue weighted by Gasteiger charge is -2.14. The van der Waals surface area contributed by atoms with E-state index < -0.39 is 6.10 Å². The van der Waals surface area contributed by atoms with Gasteiger partial charge in [-0.25, -0.2) is 0 Å². The largest absolute Gasteiger partial charge is 0.389 e. The zero-order chi connectivity index (χ0) is 14.8. The summed E-state index contributed by atoms with van der Waals surface area (Å²) >= 11 is 1.70. The van der Waals surface area contributed by atoms with Gasteiger partial charge in [-0.1, -0.05) is 6.07 Å². The molecular weight excluding hydrogens is 274 g/mol. The van der Waals surface area contributed by atoms with Crippen molar-refractivity contribution in [3.63, 3.8) is 0 Å². The summed E-state index contributed by atoms with van der Waals surface area (Å²) in [6.45, 7) is 5.84. The number of aliphatic hydroxyl groups is 1. The van der Waals surface area contributed by atoms with Crippen LogP contribution in [0.4, 0.5) is 5.69 Å². The van der Waals surface area contributed by atoms with Crippen LogP contribution in [0.2, 0.25) is 0 Å². The van der Waals surface area contributed by atoms with Crippen LogP contribution >= 0.6 is 11.8 Å². The molecule has 0 amide bonds. The van der Waals surface area contributed by atoms with E-state index in [1.807, 2.05) is 32.2 Å². The van der Waals surface area contributed by atoms with Gasteiger partial charge in [-0.05, 0) is 38.3 Å². The smallest absolute Gasteiger partial charge is 0.0945 e. The zero-order valence-electron chi connectivity index (χ0n) is 12.5. The van der Waals surface area contributed by atoms with Crippen molar-refractivity contribution in [3.8, 4) is 0 Å². The molecule has 1 aromatic rings. The van der Waals surface area contributed by atoms with Crippen LogP contribution in [0.25, 0.3) is 0 Å². The molecule has 0 spiro atoms. The van der Waals surface area contributed by atoms with Crippen molar-refractivity contribution in [2.24, 2.45) is 0 Å². The van der Waals surface area contributed by atoms with Gasteiger partial charge in [0.05, 0.1) is 32.0 Å². The number of ether oxygens (including phenoxy) is 2. The van der Waals surface area contributed by atoms with Gasteiger partial charge in [-0.15, -0.1) is 11.8 Å².